The molecule has 142 valence electrons. The van der Waals surface area contributed by atoms with Crippen LogP contribution in [0.1, 0.15) is 29.5 Å². The van der Waals surface area contributed by atoms with Gasteiger partial charge in [0.15, 0.2) is 6.61 Å². The van der Waals surface area contributed by atoms with Crippen LogP contribution in [-0.2, 0) is 6.61 Å². The first-order valence-electron chi connectivity index (χ1n) is 8.28. The van der Waals surface area contributed by atoms with Gasteiger partial charge in [0, 0.05) is 14.1 Å². The van der Waals surface area contributed by atoms with Crippen molar-refractivity contribution in [2.24, 2.45) is 0 Å². The molecule has 0 bridgehead atoms. The quantitative estimate of drug-likeness (QED) is 0.606. The van der Waals surface area contributed by atoms with Crippen molar-refractivity contribution in [3.63, 3.8) is 0 Å². The number of hydrogen-bond acceptors (Lipinski definition) is 10. The normalized spacial score (nSPS) is 12.0. The van der Waals surface area contributed by atoms with E-state index in [0.29, 0.717) is 22.9 Å². The summed E-state index contributed by atoms with van der Waals surface area (Å²) in [5.41, 5.74) is 6.94. The number of nitrogens with two attached hydrogens (primary N) is 1. The van der Waals surface area contributed by atoms with Crippen LogP contribution in [0.3, 0.4) is 0 Å². The zero-order valence-electron chi connectivity index (χ0n) is 15.6. The van der Waals surface area contributed by atoms with Gasteiger partial charge in [-0.05, 0) is 26.0 Å². The summed E-state index contributed by atoms with van der Waals surface area (Å²) >= 11 is 1.35. The number of ether oxygens (including phenoxy) is 1. The fourth-order valence-electron chi connectivity index (χ4n) is 2.11. The highest BCUT2D eigenvalue weighted by Crippen LogP contribution is 2.32. The molecule has 9 nitrogen and oxygen atoms in total. The van der Waals surface area contributed by atoms with Gasteiger partial charge in [0.1, 0.15) is 11.6 Å². The molecule has 2 aromatic heterocycles. The number of anilines is 2. The minimum absolute atomic E-state index is 0.139. The molecule has 0 saturated heterocycles. The summed E-state index contributed by atoms with van der Waals surface area (Å²) in [6, 6.07) is 7.76. The number of benzene rings is 1. The third-order valence-electron chi connectivity index (χ3n) is 3.53. The lowest BCUT2D eigenvalue weighted by atomic mass is 10.2. The molecule has 0 spiro atoms. The predicted octanol–water partition coefficient (Wildman–Crippen LogP) is 2.64. The van der Waals surface area contributed by atoms with Crippen molar-refractivity contribution < 1.29 is 9.15 Å². The topological polar surface area (TPSA) is 116 Å². The first-order chi connectivity index (χ1) is 12.9. The van der Waals surface area contributed by atoms with E-state index < -0.39 is 0 Å². The van der Waals surface area contributed by atoms with Gasteiger partial charge in [0.05, 0.1) is 5.25 Å². The second-order valence-electron chi connectivity index (χ2n) is 6.07. The van der Waals surface area contributed by atoms with Crippen LogP contribution in [0.2, 0.25) is 0 Å². The summed E-state index contributed by atoms with van der Waals surface area (Å²) in [4.78, 5) is 14.5. The Morgan fingerprint density at radius 2 is 1.89 bits per heavy atom. The summed E-state index contributed by atoms with van der Waals surface area (Å²) in [6.45, 7) is 4.16. The Morgan fingerprint density at radius 1 is 1.15 bits per heavy atom. The number of thioether (sulfide) groups is 1. The lowest BCUT2D eigenvalue weighted by Gasteiger charge is -2.13. The van der Waals surface area contributed by atoms with E-state index >= 15 is 0 Å². The summed E-state index contributed by atoms with van der Waals surface area (Å²) in [6.07, 6.45) is 0. The number of nitrogens with zero attached hydrogens (tertiary/aromatic N) is 6. The molecule has 27 heavy (non-hydrogen) atoms. The third kappa shape index (κ3) is 5.07. The molecule has 0 aliphatic rings. The highest BCUT2D eigenvalue weighted by molar-refractivity contribution is 7.99. The number of aromatic nitrogens is 5. The van der Waals surface area contributed by atoms with Crippen LogP contribution in [0.25, 0.3) is 0 Å². The van der Waals surface area contributed by atoms with Gasteiger partial charge in [-0.15, -0.1) is 10.2 Å². The molecule has 1 aromatic carbocycles. The van der Waals surface area contributed by atoms with Gasteiger partial charge in [0.2, 0.25) is 11.9 Å². The maximum atomic E-state index is 5.77. The summed E-state index contributed by atoms with van der Waals surface area (Å²) < 4.78 is 11.3. The van der Waals surface area contributed by atoms with Gasteiger partial charge in [-0.1, -0.05) is 29.5 Å². The Balaban J connectivity index is 1.62. The minimum Gasteiger partial charge on any atom is -0.484 e. The Bertz CT molecular complexity index is 899. The monoisotopic (exact) mass is 387 g/mol. The van der Waals surface area contributed by atoms with Gasteiger partial charge >= 0.3 is 0 Å². The molecule has 10 heteroatoms. The van der Waals surface area contributed by atoms with E-state index in [9.17, 15) is 0 Å². The number of nitrogen functional groups attached to an aromatic ring is 1. The van der Waals surface area contributed by atoms with Crippen LogP contribution < -0.4 is 15.4 Å². The highest BCUT2D eigenvalue weighted by atomic mass is 32.2. The van der Waals surface area contributed by atoms with E-state index in [0.717, 1.165) is 5.75 Å². The van der Waals surface area contributed by atoms with Gasteiger partial charge in [-0.3, -0.25) is 0 Å². The van der Waals surface area contributed by atoms with Crippen LogP contribution in [0.5, 0.6) is 5.75 Å². The van der Waals surface area contributed by atoms with E-state index in [-0.39, 0.29) is 17.8 Å². The molecular weight excluding hydrogens is 366 g/mol. The van der Waals surface area contributed by atoms with Crippen molar-refractivity contribution in [3.8, 4) is 5.75 Å². The highest BCUT2D eigenvalue weighted by Gasteiger charge is 2.18. The maximum absolute atomic E-state index is 5.77. The molecule has 2 heterocycles. The molecule has 3 rings (SSSR count). The summed E-state index contributed by atoms with van der Waals surface area (Å²) in [5.74, 6) is 2.37. The molecule has 0 unspecified atom stereocenters. The van der Waals surface area contributed by atoms with Crippen LogP contribution in [0, 0.1) is 6.92 Å². The minimum atomic E-state index is -0.139. The first kappa shape index (κ1) is 18.9. The molecule has 2 N–H and O–H groups in total. The van der Waals surface area contributed by atoms with Crippen LogP contribution in [-0.4, -0.2) is 39.2 Å². The van der Waals surface area contributed by atoms with Gasteiger partial charge in [-0.25, -0.2) is 0 Å². The van der Waals surface area contributed by atoms with Crippen molar-refractivity contribution in [2.75, 3.05) is 24.7 Å². The zero-order chi connectivity index (χ0) is 19.4. The van der Waals surface area contributed by atoms with Gasteiger partial charge in [0.25, 0.3) is 11.1 Å². The SMILES string of the molecule is Cc1ccc(OCc2nnc(S[C@H](C)c3nc(N)nc(N(C)C)n3)o2)cc1. The van der Waals surface area contributed by atoms with Crippen molar-refractivity contribution in [3.05, 3.63) is 41.5 Å². The second kappa shape index (κ2) is 8.21. The molecule has 0 aliphatic heterocycles. The summed E-state index contributed by atoms with van der Waals surface area (Å²) in [7, 11) is 3.68. The summed E-state index contributed by atoms with van der Waals surface area (Å²) in [5, 5.41) is 8.33. The molecule has 0 amide bonds. The molecule has 3 aromatic rings. The van der Waals surface area contributed by atoms with E-state index in [1.54, 1.807) is 4.90 Å². The van der Waals surface area contributed by atoms with Crippen molar-refractivity contribution in [1.82, 2.24) is 25.1 Å². The number of aryl methyl sites for hydroxylation is 1. The average Bonchev–Trinajstić information content (AvgIpc) is 3.08. The zero-order valence-corrected chi connectivity index (χ0v) is 16.4. The fourth-order valence-corrected chi connectivity index (χ4v) is 2.85. The van der Waals surface area contributed by atoms with Gasteiger partial charge in [-0.2, -0.15) is 15.0 Å². The van der Waals surface area contributed by atoms with Gasteiger partial charge < -0.3 is 19.8 Å². The van der Waals surface area contributed by atoms with E-state index in [1.165, 1.54) is 17.3 Å². The molecule has 0 aliphatic carbocycles. The van der Waals surface area contributed by atoms with Crippen molar-refractivity contribution >= 4 is 23.7 Å². The predicted molar refractivity (Wildman–Crippen MR) is 103 cm³/mol. The fraction of sp³-hybridized carbons (Fsp3) is 0.353. The van der Waals surface area contributed by atoms with Crippen LogP contribution >= 0.6 is 11.8 Å². The molecular formula is C17H21N7O2S. The lowest BCUT2D eigenvalue weighted by Crippen LogP contribution is -2.16. The van der Waals surface area contributed by atoms with E-state index in [4.69, 9.17) is 14.9 Å². The number of hydrogen-bond donors (Lipinski definition) is 1. The molecule has 1 atom stereocenters. The van der Waals surface area contributed by atoms with E-state index in [1.807, 2.05) is 52.2 Å². The van der Waals surface area contributed by atoms with Crippen LogP contribution in [0.4, 0.5) is 11.9 Å². The largest absolute Gasteiger partial charge is 0.484 e. The Kier molecular flexibility index (Phi) is 5.75. The Hall–Kier alpha value is -2.88. The van der Waals surface area contributed by atoms with Crippen LogP contribution in [0.15, 0.2) is 33.9 Å². The Labute approximate surface area is 161 Å². The van der Waals surface area contributed by atoms with E-state index in [2.05, 4.69) is 25.1 Å². The molecule has 0 fully saturated rings. The maximum Gasteiger partial charge on any atom is 0.277 e. The first-order valence-corrected chi connectivity index (χ1v) is 9.16. The third-order valence-corrected chi connectivity index (χ3v) is 4.46. The second-order valence-corrected chi connectivity index (χ2v) is 7.36. The molecule has 0 radical (unpaired) electrons. The van der Waals surface area contributed by atoms with Crippen molar-refractivity contribution in [1.29, 1.82) is 0 Å². The van der Waals surface area contributed by atoms with Crippen molar-refractivity contribution in [2.45, 2.75) is 30.9 Å². The standard InChI is InChI=1S/C17H21N7O2S/c1-10-5-7-12(8-6-10)25-9-13-22-23-17(26-13)27-11(2)14-19-15(18)21-16(20-14)24(3)4/h5-8,11H,9H2,1-4H3,(H2,18,19,20,21)/t11-/m1/s1. The average molecular weight is 387 g/mol. The lowest BCUT2D eigenvalue weighted by molar-refractivity contribution is 0.252. The number of rotatable bonds is 7. The Morgan fingerprint density at radius 3 is 2.59 bits per heavy atom. The molecule has 0 saturated carbocycles. The smallest absolute Gasteiger partial charge is 0.277 e.